The molecular formula is C12H13BrF2N2O3. The van der Waals surface area contributed by atoms with E-state index in [2.05, 4.69) is 21.2 Å². The fourth-order valence-corrected chi connectivity index (χ4v) is 1.81. The number of aliphatic carboxylic acids is 1. The number of amides is 2. The van der Waals surface area contributed by atoms with Gasteiger partial charge in [-0.25, -0.2) is 13.6 Å². The molecular weight excluding hydrogens is 338 g/mol. The summed E-state index contributed by atoms with van der Waals surface area (Å²) in [4.78, 5) is 23.5. The molecule has 0 saturated heterocycles. The lowest BCUT2D eigenvalue weighted by molar-refractivity contribution is -0.137. The van der Waals surface area contributed by atoms with Gasteiger partial charge >= 0.3 is 12.0 Å². The highest BCUT2D eigenvalue weighted by Crippen LogP contribution is 2.23. The average molecular weight is 351 g/mol. The van der Waals surface area contributed by atoms with Crippen molar-refractivity contribution in [1.29, 1.82) is 0 Å². The maximum absolute atomic E-state index is 13.6. The lowest BCUT2D eigenvalue weighted by atomic mass is 10.3. The second-order valence-electron chi connectivity index (χ2n) is 3.99. The fourth-order valence-electron chi connectivity index (χ4n) is 1.50. The highest BCUT2D eigenvalue weighted by Gasteiger charge is 2.18. The van der Waals surface area contributed by atoms with E-state index in [1.807, 2.05) is 0 Å². The van der Waals surface area contributed by atoms with Crippen molar-refractivity contribution < 1.29 is 23.5 Å². The number of carboxylic acids is 1. The number of halogens is 3. The van der Waals surface area contributed by atoms with Crippen molar-refractivity contribution in [3.05, 3.63) is 28.2 Å². The molecule has 1 aromatic rings. The number of hydrogen-bond acceptors (Lipinski definition) is 2. The molecule has 20 heavy (non-hydrogen) atoms. The Bertz CT molecular complexity index is 526. The first-order valence-electron chi connectivity index (χ1n) is 5.77. The van der Waals surface area contributed by atoms with Crippen molar-refractivity contribution in [1.82, 2.24) is 4.90 Å². The van der Waals surface area contributed by atoms with Gasteiger partial charge in [-0.2, -0.15) is 0 Å². The molecule has 0 aliphatic carbocycles. The van der Waals surface area contributed by atoms with Gasteiger partial charge in [-0.1, -0.05) is 6.92 Å². The number of carbonyl (C=O) groups is 2. The van der Waals surface area contributed by atoms with Crippen LogP contribution in [0.25, 0.3) is 0 Å². The van der Waals surface area contributed by atoms with Gasteiger partial charge in [-0.05, 0) is 28.4 Å². The molecule has 8 heteroatoms. The monoisotopic (exact) mass is 350 g/mol. The molecule has 0 heterocycles. The Morgan fingerprint density at radius 1 is 1.35 bits per heavy atom. The molecule has 2 N–H and O–H groups in total. The predicted molar refractivity (Wildman–Crippen MR) is 72.6 cm³/mol. The lowest BCUT2D eigenvalue weighted by Crippen LogP contribution is -2.39. The van der Waals surface area contributed by atoms with Gasteiger partial charge in [0.1, 0.15) is 18.2 Å². The Labute approximate surface area is 122 Å². The number of urea groups is 1. The number of nitrogens with one attached hydrogen (secondary N) is 1. The van der Waals surface area contributed by atoms with E-state index in [0.29, 0.717) is 6.42 Å². The molecule has 110 valence electrons. The molecule has 0 aliphatic rings. The van der Waals surface area contributed by atoms with Gasteiger partial charge in [0.15, 0.2) is 0 Å². The molecule has 0 fully saturated rings. The van der Waals surface area contributed by atoms with Gasteiger partial charge in [0.2, 0.25) is 0 Å². The zero-order valence-corrected chi connectivity index (χ0v) is 12.2. The van der Waals surface area contributed by atoms with Gasteiger partial charge < -0.3 is 15.3 Å². The van der Waals surface area contributed by atoms with E-state index in [1.165, 1.54) is 0 Å². The largest absolute Gasteiger partial charge is 0.480 e. The van der Waals surface area contributed by atoms with Gasteiger partial charge in [0.25, 0.3) is 0 Å². The predicted octanol–water partition coefficient (Wildman–Crippen LogP) is 3.06. The smallest absolute Gasteiger partial charge is 0.323 e. The number of carbonyl (C=O) groups excluding carboxylic acids is 1. The quantitative estimate of drug-likeness (QED) is 0.801. The van der Waals surface area contributed by atoms with Crippen LogP contribution in [0.3, 0.4) is 0 Å². The van der Waals surface area contributed by atoms with E-state index >= 15 is 0 Å². The zero-order chi connectivity index (χ0) is 15.3. The van der Waals surface area contributed by atoms with Crippen molar-refractivity contribution in [2.75, 3.05) is 18.4 Å². The van der Waals surface area contributed by atoms with E-state index in [-0.39, 0.29) is 16.7 Å². The summed E-state index contributed by atoms with van der Waals surface area (Å²) in [6.45, 7) is 1.45. The maximum atomic E-state index is 13.6. The Morgan fingerprint density at radius 2 is 2.00 bits per heavy atom. The van der Waals surface area contributed by atoms with Crippen LogP contribution >= 0.6 is 15.9 Å². The summed E-state index contributed by atoms with van der Waals surface area (Å²) in [6.07, 6.45) is 0.540. The minimum atomic E-state index is -1.18. The molecule has 0 bridgehead atoms. The molecule has 5 nitrogen and oxygen atoms in total. The van der Waals surface area contributed by atoms with Crippen molar-refractivity contribution in [3.63, 3.8) is 0 Å². The van der Waals surface area contributed by atoms with Crippen LogP contribution in [0.15, 0.2) is 16.6 Å². The highest BCUT2D eigenvalue weighted by molar-refractivity contribution is 9.10. The summed E-state index contributed by atoms with van der Waals surface area (Å²) in [5.74, 6) is -2.74. The molecule has 2 amide bonds. The number of carboxylic acid groups (broad SMARTS) is 1. The van der Waals surface area contributed by atoms with E-state index in [0.717, 1.165) is 17.0 Å². The number of benzene rings is 1. The van der Waals surface area contributed by atoms with E-state index < -0.39 is 30.2 Å². The van der Waals surface area contributed by atoms with Crippen LogP contribution in [-0.2, 0) is 4.79 Å². The summed E-state index contributed by atoms with van der Waals surface area (Å²) < 4.78 is 26.8. The molecule has 0 atom stereocenters. The van der Waals surface area contributed by atoms with Gasteiger partial charge in [-0.3, -0.25) is 4.79 Å². The Hall–Kier alpha value is -1.70. The standard InChI is InChI=1S/C12H13BrF2N2O3/c1-2-3-17(6-11(18)19)12(20)16-10-5-8(14)7(13)4-9(10)15/h4-5H,2-3,6H2,1H3,(H,16,20)(H,18,19). The molecule has 1 aromatic carbocycles. The van der Waals surface area contributed by atoms with Crippen molar-refractivity contribution in [3.8, 4) is 0 Å². The van der Waals surface area contributed by atoms with Crippen LogP contribution in [-0.4, -0.2) is 35.1 Å². The highest BCUT2D eigenvalue weighted by atomic mass is 79.9. The Kier molecular flexibility index (Phi) is 5.87. The molecule has 0 radical (unpaired) electrons. The summed E-state index contributed by atoms with van der Waals surface area (Å²) in [6, 6.07) is 0.906. The van der Waals surface area contributed by atoms with Crippen LogP contribution in [0.1, 0.15) is 13.3 Å². The van der Waals surface area contributed by atoms with Crippen LogP contribution in [0.4, 0.5) is 19.3 Å². The second kappa shape index (κ2) is 7.18. The van der Waals surface area contributed by atoms with Crippen molar-refractivity contribution >= 4 is 33.6 Å². The first kappa shape index (κ1) is 16.4. The summed E-state index contributed by atoms with van der Waals surface area (Å²) in [5, 5.41) is 10.9. The van der Waals surface area contributed by atoms with Crippen molar-refractivity contribution in [2.24, 2.45) is 0 Å². The minimum absolute atomic E-state index is 0.0658. The van der Waals surface area contributed by atoms with Gasteiger partial charge in [-0.15, -0.1) is 0 Å². The number of hydrogen-bond donors (Lipinski definition) is 2. The first-order chi connectivity index (χ1) is 9.35. The van der Waals surface area contributed by atoms with E-state index in [9.17, 15) is 18.4 Å². The fraction of sp³-hybridized carbons (Fsp3) is 0.333. The Balaban J connectivity index is 2.87. The van der Waals surface area contributed by atoms with E-state index in [1.54, 1.807) is 6.92 Å². The molecule has 0 saturated carbocycles. The lowest BCUT2D eigenvalue weighted by Gasteiger charge is -2.20. The third kappa shape index (κ3) is 4.44. The first-order valence-corrected chi connectivity index (χ1v) is 6.56. The molecule has 0 aliphatic heterocycles. The topological polar surface area (TPSA) is 69.6 Å². The molecule has 0 aromatic heterocycles. The second-order valence-corrected chi connectivity index (χ2v) is 4.85. The third-order valence-electron chi connectivity index (χ3n) is 2.36. The SMILES string of the molecule is CCCN(CC(=O)O)C(=O)Nc1cc(F)c(Br)cc1F. The average Bonchev–Trinajstić information content (AvgIpc) is 2.34. The van der Waals surface area contributed by atoms with Crippen LogP contribution in [0.5, 0.6) is 0 Å². The molecule has 1 rings (SSSR count). The van der Waals surface area contributed by atoms with Crippen molar-refractivity contribution in [2.45, 2.75) is 13.3 Å². The Morgan fingerprint density at radius 3 is 2.55 bits per heavy atom. The minimum Gasteiger partial charge on any atom is -0.480 e. The van der Waals surface area contributed by atoms with Crippen LogP contribution < -0.4 is 5.32 Å². The summed E-state index contributed by atoms with van der Waals surface area (Å²) >= 11 is 2.82. The summed E-state index contributed by atoms with van der Waals surface area (Å²) in [5.41, 5.74) is -0.345. The van der Waals surface area contributed by atoms with Gasteiger partial charge in [0.05, 0.1) is 10.2 Å². The van der Waals surface area contributed by atoms with E-state index in [4.69, 9.17) is 5.11 Å². The normalized spacial score (nSPS) is 10.2. The maximum Gasteiger partial charge on any atom is 0.323 e. The molecule has 0 unspecified atom stereocenters. The third-order valence-corrected chi connectivity index (χ3v) is 2.97. The number of nitrogens with zero attached hydrogens (tertiary/aromatic N) is 1. The number of rotatable bonds is 5. The summed E-state index contributed by atoms with van der Waals surface area (Å²) in [7, 11) is 0. The molecule has 0 spiro atoms. The van der Waals surface area contributed by atoms with Gasteiger partial charge in [0, 0.05) is 12.6 Å². The number of anilines is 1. The van der Waals surface area contributed by atoms with Crippen LogP contribution in [0, 0.1) is 11.6 Å². The zero-order valence-electron chi connectivity index (χ0n) is 10.6. The van der Waals surface area contributed by atoms with Crippen LogP contribution in [0.2, 0.25) is 0 Å².